The van der Waals surface area contributed by atoms with Gasteiger partial charge in [0.1, 0.15) is 0 Å². The van der Waals surface area contributed by atoms with E-state index in [2.05, 4.69) is 5.32 Å². The molecular weight excluding hydrogens is 238 g/mol. The van der Waals surface area contributed by atoms with Gasteiger partial charge < -0.3 is 10.1 Å². The fraction of sp³-hybridized carbons (Fsp3) is 1.00. The van der Waals surface area contributed by atoms with E-state index < -0.39 is 14.6 Å². The van der Waals surface area contributed by atoms with Gasteiger partial charge in [-0.05, 0) is 39.5 Å². The quantitative estimate of drug-likeness (QED) is 0.669. The summed E-state index contributed by atoms with van der Waals surface area (Å²) >= 11 is 0. The minimum atomic E-state index is -3.00. The van der Waals surface area contributed by atoms with Crippen molar-refractivity contribution in [1.29, 1.82) is 0 Å². The first-order chi connectivity index (χ1) is 7.83. The van der Waals surface area contributed by atoms with E-state index in [1.54, 1.807) is 20.8 Å². The van der Waals surface area contributed by atoms with Crippen LogP contribution in [0.5, 0.6) is 0 Å². The lowest BCUT2D eigenvalue weighted by Gasteiger charge is -2.19. The molecule has 1 aliphatic carbocycles. The van der Waals surface area contributed by atoms with Gasteiger partial charge in [0.2, 0.25) is 0 Å². The summed E-state index contributed by atoms with van der Waals surface area (Å²) in [6.07, 6.45) is 2.61. The molecular formula is C12H25NO3S. The van der Waals surface area contributed by atoms with Crippen LogP contribution in [0.2, 0.25) is 0 Å². The van der Waals surface area contributed by atoms with Crippen molar-refractivity contribution in [3.63, 3.8) is 0 Å². The highest BCUT2D eigenvalue weighted by atomic mass is 32.2. The van der Waals surface area contributed by atoms with Gasteiger partial charge in [-0.1, -0.05) is 0 Å². The van der Waals surface area contributed by atoms with E-state index in [1.807, 2.05) is 0 Å². The van der Waals surface area contributed by atoms with Gasteiger partial charge in [0, 0.05) is 19.7 Å². The lowest BCUT2D eigenvalue weighted by Crippen LogP contribution is -2.35. The summed E-state index contributed by atoms with van der Waals surface area (Å²) in [4.78, 5) is 0. The highest BCUT2D eigenvalue weighted by molar-refractivity contribution is 7.92. The van der Waals surface area contributed by atoms with E-state index in [-0.39, 0.29) is 5.75 Å². The molecule has 0 saturated heterocycles. The van der Waals surface area contributed by atoms with Crippen LogP contribution in [0.3, 0.4) is 0 Å². The topological polar surface area (TPSA) is 55.4 Å². The minimum absolute atomic E-state index is 0.194. The van der Waals surface area contributed by atoms with Crippen LogP contribution >= 0.6 is 0 Å². The number of sulfone groups is 1. The summed E-state index contributed by atoms with van der Waals surface area (Å²) in [5.41, 5.74) is 0. The molecule has 0 amide bonds. The Labute approximate surface area is 105 Å². The maximum Gasteiger partial charge on any atom is 0.156 e. The number of hydrogen-bond donors (Lipinski definition) is 1. The average molecular weight is 263 g/mol. The molecule has 1 rings (SSSR count). The normalized spacial score (nSPS) is 17.4. The minimum Gasteiger partial charge on any atom is -0.380 e. The summed E-state index contributed by atoms with van der Waals surface area (Å²) in [5.74, 6) is 0.982. The number of ether oxygens (including phenoxy) is 1. The van der Waals surface area contributed by atoms with E-state index >= 15 is 0 Å². The SMILES string of the molecule is CC(C)(C)S(=O)(=O)CCNCCOCC1CC1. The van der Waals surface area contributed by atoms with Crippen LogP contribution in [0.15, 0.2) is 0 Å². The Hall–Kier alpha value is -0.130. The van der Waals surface area contributed by atoms with Crippen molar-refractivity contribution in [2.75, 3.05) is 32.1 Å². The van der Waals surface area contributed by atoms with Gasteiger partial charge in [-0.2, -0.15) is 0 Å². The molecule has 1 saturated carbocycles. The van der Waals surface area contributed by atoms with Gasteiger partial charge in [0.05, 0.1) is 17.1 Å². The lowest BCUT2D eigenvalue weighted by molar-refractivity contribution is 0.126. The molecule has 1 aliphatic rings. The predicted molar refractivity (Wildman–Crippen MR) is 70.0 cm³/mol. The molecule has 0 aromatic rings. The second-order valence-corrected chi connectivity index (χ2v) is 8.56. The van der Waals surface area contributed by atoms with E-state index in [1.165, 1.54) is 12.8 Å². The van der Waals surface area contributed by atoms with Crippen molar-refractivity contribution in [3.8, 4) is 0 Å². The monoisotopic (exact) mass is 263 g/mol. The van der Waals surface area contributed by atoms with Crippen molar-refractivity contribution >= 4 is 9.84 Å². The summed E-state index contributed by atoms with van der Waals surface area (Å²) in [7, 11) is -3.00. The third kappa shape index (κ3) is 5.84. The molecule has 0 aliphatic heterocycles. The first-order valence-corrected chi connectivity index (χ1v) is 7.99. The van der Waals surface area contributed by atoms with Crippen LogP contribution in [-0.4, -0.2) is 45.2 Å². The molecule has 0 aromatic heterocycles. The Morgan fingerprint density at radius 1 is 1.24 bits per heavy atom. The van der Waals surface area contributed by atoms with E-state index in [4.69, 9.17) is 4.74 Å². The molecule has 1 fully saturated rings. The first-order valence-electron chi connectivity index (χ1n) is 6.34. The predicted octanol–water partition coefficient (Wildman–Crippen LogP) is 1.22. The molecule has 0 spiro atoms. The molecule has 0 unspecified atom stereocenters. The Balaban J connectivity index is 1.99. The van der Waals surface area contributed by atoms with Gasteiger partial charge in [-0.25, -0.2) is 8.42 Å². The molecule has 102 valence electrons. The zero-order valence-corrected chi connectivity index (χ0v) is 12.0. The van der Waals surface area contributed by atoms with Crippen molar-refractivity contribution in [2.24, 2.45) is 5.92 Å². The van der Waals surface area contributed by atoms with E-state index in [9.17, 15) is 8.42 Å². The van der Waals surface area contributed by atoms with Crippen molar-refractivity contribution in [1.82, 2.24) is 5.32 Å². The molecule has 1 N–H and O–H groups in total. The van der Waals surface area contributed by atoms with Gasteiger partial charge >= 0.3 is 0 Å². The lowest BCUT2D eigenvalue weighted by atomic mass is 10.3. The Morgan fingerprint density at radius 2 is 1.88 bits per heavy atom. The zero-order chi connectivity index (χ0) is 12.9. The van der Waals surface area contributed by atoms with Gasteiger partial charge in [-0.3, -0.25) is 0 Å². The smallest absolute Gasteiger partial charge is 0.156 e. The summed E-state index contributed by atoms with van der Waals surface area (Å²) in [6, 6.07) is 0. The third-order valence-corrected chi connectivity index (χ3v) is 5.56. The van der Waals surface area contributed by atoms with Crippen LogP contribution < -0.4 is 5.32 Å². The second kappa shape index (κ2) is 6.16. The number of nitrogens with one attached hydrogen (secondary N) is 1. The third-order valence-electron chi connectivity index (χ3n) is 2.95. The molecule has 0 aromatic carbocycles. The van der Waals surface area contributed by atoms with Crippen molar-refractivity contribution in [2.45, 2.75) is 38.4 Å². The summed E-state index contributed by atoms with van der Waals surface area (Å²) in [5, 5.41) is 3.10. The Morgan fingerprint density at radius 3 is 2.41 bits per heavy atom. The van der Waals surface area contributed by atoms with Crippen molar-refractivity contribution in [3.05, 3.63) is 0 Å². The highest BCUT2D eigenvalue weighted by Gasteiger charge is 2.27. The molecule has 4 nitrogen and oxygen atoms in total. The van der Waals surface area contributed by atoms with Gasteiger partial charge in [0.25, 0.3) is 0 Å². The highest BCUT2D eigenvalue weighted by Crippen LogP contribution is 2.28. The van der Waals surface area contributed by atoms with Gasteiger partial charge in [0.15, 0.2) is 9.84 Å². The molecule has 0 bridgehead atoms. The largest absolute Gasteiger partial charge is 0.380 e. The number of hydrogen-bond acceptors (Lipinski definition) is 4. The average Bonchev–Trinajstić information content (AvgIpc) is 2.98. The Kier molecular flexibility index (Phi) is 5.41. The van der Waals surface area contributed by atoms with Crippen molar-refractivity contribution < 1.29 is 13.2 Å². The molecule has 5 heteroatoms. The molecule has 0 atom stereocenters. The van der Waals surface area contributed by atoms with Gasteiger partial charge in [-0.15, -0.1) is 0 Å². The maximum absolute atomic E-state index is 11.8. The Bertz CT molecular complexity index is 315. The fourth-order valence-corrected chi connectivity index (χ4v) is 2.34. The van der Waals surface area contributed by atoms with E-state index in [0.29, 0.717) is 13.2 Å². The van der Waals surface area contributed by atoms with Crippen LogP contribution in [0.4, 0.5) is 0 Å². The van der Waals surface area contributed by atoms with Crippen LogP contribution in [0, 0.1) is 5.92 Å². The summed E-state index contributed by atoms with van der Waals surface area (Å²) < 4.78 is 28.3. The molecule has 0 radical (unpaired) electrons. The molecule has 17 heavy (non-hydrogen) atoms. The first kappa shape index (κ1) is 14.9. The van der Waals surface area contributed by atoms with Crippen LogP contribution in [-0.2, 0) is 14.6 Å². The zero-order valence-electron chi connectivity index (χ0n) is 11.2. The second-order valence-electron chi connectivity index (χ2n) is 5.70. The fourth-order valence-electron chi connectivity index (χ4n) is 1.32. The van der Waals surface area contributed by atoms with Crippen LogP contribution in [0.1, 0.15) is 33.6 Å². The van der Waals surface area contributed by atoms with E-state index in [0.717, 1.165) is 19.1 Å². The molecule has 0 heterocycles. The maximum atomic E-state index is 11.8. The standard InChI is InChI=1S/C12H25NO3S/c1-12(2,3)17(14,15)9-7-13-6-8-16-10-11-4-5-11/h11,13H,4-10H2,1-3H3. The van der Waals surface area contributed by atoms with Crippen LogP contribution in [0.25, 0.3) is 0 Å². The number of rotatable bonds is 8. The summed E-state index contributed by atoms with van der Waals surface area (Å²) in [6.45, 7) is 7.98.